The van der Waals surface area contributed by atoms with Crippen LogP contribution < -0.4 is 0 Å². The Hall–Kier alpha value is -0.260. The zero-order chi connectivity index (χ0) is 13.7. The SMILES string of the molecule is C=C(C)CCC1CCCC(C2CCC(C)CC2)CC1. The Balaban J connectivity index is 1.75. The molecule has 0 amide bonds. The smallest absolute Gasteiger partial charge is 0.0323 e. The predicted octanol–water partition coefficient (Wildman–Crippen LogP) is 6.37. The highest BCUT2D eigenvalue weighted by Crippen LogP contribution is 2.40. The molecule has 2 aliphatic carbocycles. The van der Waals surface area contributed by atoms with Crippen molar-refractivity contribution in [2.75, 3.05) is 0 Å². The van der Waals surface area contributed by atoms with Gasteiger partial charge < -0.3 is 0 Å². The molecule has 0 aromatic rings. The van der Waals surface area contributed by atoms with Crippen LogP contribution in [0, 0.1) is 23.7 Å². The van der Waals surface area contributed by atoms with Gasteiger partial charge in [0.2, 0.25) is 0 Å². The molecule has 2 fully saturated rings. The van der Waals surface area contributed by atoms with Crippen molar-refractivity contribution in [3.05, 3.63) is 12.2 Å². The summed E-state index contributed by atoms with van der Waals surface area (Å²) >= 11 is 0. The second-order valence-corrected chi connectivity index (χ2v) is 7.65. The van der Waals surface area contributed by atoms with Gasteiger partial charge in [0.1, 0.15) is 0 Å². The van der Waals surface area contributed by atoms with Crippen LogP contribution in [0.1, 0.15) is 84.5 Å². The van der Waals surface area contributed by atoms with Gasteiger partial charge in [0, 0.05) is 0 Å². The van der Waals surface area contributed by atoms with E-state index in [0.29, 0.717) is 0 Å². The fourth-order valence-electron chi connectivity index (χ4n) is 4.38. The fourth-order valence-corrected chi connectivity index (χ4v) is 4.38. The van der Waals surface area contributed by atoms with Crippen LogP contribution in [0.15, 0.2) is 12.2 Å². The molecular weight excluding hydrogens is 228 g/mol. The average Bonchev–Trinajstić information content (AvgIpc) is 2.63. The van der Waals surface area contributed by atoms with Gasteiger partial charge in [0.25, 0.3) is 0 Å². The van der Waals surface area contributed by atoms with E-state index < -0.39 is 0 Å². The van der Waals surface area contributed by atoms with Crippen LogP contribution in [0.2, 0.25) is 0 Å². The number of rotatable bonds is 4. The second kappa shape index (κ2) is 7.50. The molecule has 2 saturated carbocycles. The Kier molecular flexibility index (Phi) is 5.98. The third-order valence-corrected chi connectivity index (χ3v) is 5.84. The van der Waals surface area contributed by atoms with E-state index in [1.54, 1.807) is 0 Å². The lowest BCUT2D eigenvalue weighted by Gasteiger charge is -2.32. The van der Waals surface area contributed by atoms with E-state index in [9.17, 15) is 0 Å². The Morgan fingerprint density at radius 2 is 1.53 bits per heavy atom. The first-order valence-electron chi connectivity index (χ1n) is 8.79. The number of hydrogen-bond acceptors (Lipinski definition) is 0. The zero-order valence-corrected chi connectivity index (χ0v) is 13.3. The Morgan fingerprint density at radius 1 is 0.895 bits per heavy atom. The fraction of sp³-hybridized carbons (Fsp3) is 0.895. The van der Waals surface area contributed by atoms with Crippen molar-refractivity contribution in [3.63, 3.8) is 0 Å². The zero-order valence-electron chi connectivity index (χ0n) is 13.3. The molecule has 0 aromatic heterocycles. The monoisotopic (exact) mass is 262 g/mol. The van der Waals surface area contributed by atoms with Crippen molar-refractivity contribution in [2.45, 2.75) is 84.5 Å². The van der Waals surface area contributed by atoms with Crippen molar-refractivity contribution >= 4 is 0 Å². The lowest BCUT2D eigenvalue weighted by Crippen LogP contribution is -2.20. The van der Waals surface area contributed by atoms with Gasteiger partial charge in [-0.2, -0.15) is 0 Å². The van der Waals surface area contributed by atoms with E-state index in [0.717, 1.165) is 23.7 Å². The Bertz CT molecular complexity index is 270. The second-order valence-electron chi connectivity index (χ2n) is 7.65. The minimum absolute atomic E-state index is 1.00. The van der Waals surface area contributed by atoms with Gasteiger partial charge in [0.15, 0.2) is 0 Å². The van der Waals surface area contributed by atoms with E-state index in [2.05, 4.69) is 20.4 Å². The van der Waals surface area contributed by atoms with E-state index in [1.165, 1.54) is 76.2 Å². The average molecular weight is 262 g/mol. The summed E-state index contributed by atoms with van der Waals surface area (Å²) in [6.07, 6.45) is 16.3. The molecular formula is C19H34. The van der Waals surface area contributed by atoms with E-state index in [-0.39, 0.29) is 0 Å². The molecule has 19 heavy (non-hydrogen) atoms. The molecule has 0 heterocycles. The van der Waals surface area contributed by atoms with Crippen LogP contribution in [0.5, 0.6) is 0 Å². The lowest BCUT2D eigenvalue weighted by atomic mass is 9.74. The third-order valence-electron chi connectivity index (χ3n) is 5.84. The molecule has 2 aliphatic rings. The topological polar surface area (TPSA) is 0 Å². The molecule has 0 heteroatoms. The Morgan fingerprint density at radius 3 is 2.21 bits per heavy atom. The quantitative estimate of drug-likeness (QED) is 0.408. The van der Waals surface area contributed by atoms with Crippen LogP contribution in [0.3, 0.4) is 0 Å². The first-order valence-corrected chi connectivity index (χ1v) is 8.79. The summed E-state index contributed by atoms with van der Waals surface area (Å²) in [5.74, 6) is 4.16. The van der Waals surface area contributed by atoms with Crippen molar-refractivity contribution in [3.8, 4) is 0 Å². The van der Waals surface area contributed by atoms with E-state index >= 15 is 0 Å². The highest BCUT2D eigenvalue weighted by molar-refractivity contribution is 4.89. The lowest BCUT2D eigenvalue weighted by molar-refractivity contribution is 0.194. The highest BCUT2D eigenvalue weighted by Gasteiger charge is 2.28. The summed E-state index contributed by atoms with van der Waals surface area (Å²) in [6, 6.07) is 0. The molecule has 0 aliphatic heterocycles. The van der Waals surface area contributed by atoms with Crippen LogP contribution in [-0.2, 0) is 0 Å². The van der Waals surface area contributed by atoms with Gasteiger partial charge in [0.05, 0.1) is 0 Å². The van der Waals surface area contributed by atoms with Gasteiger partial charge in [-0.15, -0.1) is 6.58 Å². The highest BCUT2D eigenvalue weighted by atomic mass is 14.3. The summed E-state index contributed by atoms with van der Waals surface area (Å²) in [5, 5.41) is 0. The molecule has 0 bridgehead atoms. The van der Waals surface area contributed by atoms with E-state index in [4.69, 9.17) is 0 Å². The maximum absolute atomic E-state index is 4.06. The molecule has 0 aromatic carbocycles. The molecule has 110 valence electrons. The summed E-state index contributed by atoms with van der Waals surface area (Å²) in [6.45, 7) is 8.68. The first-order chi connectivity index (χ1) is 9.15. The minimum Gasteiger partial charge on any atom is -0.100 e. The van der Waals surface area contributed by atoms with Crippen LogP contribution in [0.25, 0.3) is 0 Å². The molecule has 0 N–H and O–H groups in total. The summed E-state index contributed by atoms with van der Waals surface area (Å²) in [5.41, 5.74) is 1.38. The van der Waals surface area contributed by atoms with Crippen molar-refractivity contribution in [1.29, 1.82) is 0 Å². The molecule has 2 rings (SSSR count). The molecule has 0 nitrogen and oxygen atoms in total. The molecule has 2 unspecified atom stereocenters. The maximum Gasteiger partial charge on any atom is -0.0323 e. The third kappa shape index (κ3) is 4.97. The van der Waals surface area contributed by atoms with Gasteiger partial charge in [-0.25, -0.2) is 0 Å². The van der Waals surface area contributed by atoms with Crippen LogP contribution >= 0.6 is 0 Å². The predicted molar refractivity (Wildman–Crippen MR) is 85.2 cm³/mol. The largest absolute Gasteiger partial charge is 0.100 e. The van der Waals surface area contributed by atoms with Gasteiger partial charge in [-0.3, -0.25) is 0 Å². The van der Waals surface area contributed by atoms with Gasteiger partial charge >= 0.3 is 0 Å². The molecule has 2 atom stereocenters. The molecule has 0 radical (unpaired) electrons. The number of allylic oxidation sites excluding steroid dienone is 1. The molecule has 0 saturated heterocycles. The maximum atomic E-state index is 4.06. The van der Waals surface area contributed by atoms with Crippen LogP contribution in [-0.4, -0.2) is 0 Å². The molecule has 0 spiro atoms. The van der Waals surface area contributed by atoms with Crippen LogP contribution in [0.4, 0.5) is 0 Å². The van der Waals surface area contributed by atoms with E-state index in [1.807, 2.05) is 0 Å². The van der Waals surface area contributed by atoms with Crippen molar-refractivity contribution in [1.82, 2.24) is 0 Å². The standard InChI is InChI=1S/C19H34/c1-15(2)7-10-17-5-4-6-18(14-11-17)19-12-8-16(3)9-13-19/h16-19H,1,4-14H2,2-3H3. The number of hydrogen-bond donors (Lipinski definition) is 0. The summed E-state index contributed by atoms with van der Waals surface area (Å²) in [7, 11) is 0. The minimum atomic E-state index is 1.00. The Labute approximate surface area is 121 Å². The summed E-state index contributed by atoms with van der Waals surface area (Å²) in [4.78, 5) is 0. The van der Waals surface area contributed by atoms with Gasteiger partial charge in [-0.05, 0) is 62.7 Å². The summed E-state index contributed by atoms with van der Waals surface area (Å²) < 4.78 is 0. The van der Waals surface area contributed by atoms with Crippen molar-refractivity contribution < 1.29 is 0 Å². The first kappa shape index (κ1) is 15.1. The normalized spacial score (nSPS) is 36.7. The van der Waals surface area contributed by atoms with Crippen molar-refractivity contribution in [2.24, 2.45) is 23.7 Å². The van der Waals surface area contributed by atoms with Gasteiger partial charge in [-0.1, -0.05) is 51.0 Å².